The Labute approximate surface area is 162 Å². The van der Waals surface area contributed by atoms with E-state index in [1.54, 1.807) is 6.20 Å². The number of amidine groups is 1. The monoisotopic (exact) mass is 401 g/mol. The van der Waals surface area contributed by atoms with Gasteiger partial charge in [0.25, 0.3) is 5.91 Å². The lowest BCUT2D eigenvalue weighted by Crippen LogP contribution is -2.26. The highest BCUT2D eigenvalue weighted by molar-refractivity contribution is 8.18. The van der Waals surface area contributed by atoms with Gasteiger partial charge in [-0.05, 0) is 60.4 Å². The molecule has 140 valence electrons. The molecule has 4 rings (SSSR count). The molecule has 0 bridgehead atoms. The molecule has 1 N–H and O–H groups in total. The van der Waals surface area contributed by atoms with Gasteiger partial charge in [-0.3, -0.25) is 14.8 Å². The van der Waals surface area contributed by atoms with Gasteiger partial charge in [-0.25, -0.2) is 8.42 Å². The second-order valence-corrected chi connectivity index (χ2v) is 10.1. The summed E-state index contributed by atoms with van der Waals surface area (Å²) in [5.41, 5.74) is 1.85. The van der Waals surface area contributed by atoms with Crippen LogP contribution in [0.1, 0.15) is 18.4 Å². The summed E-state index contributed by atoms with van der Waals surface area (Å²) in [6.07, 6.45) is 4.89. The number of carbonyl (C=O) groups is 1. The van der Waals surface area contributed by atoms with Crippen LogP contribution in [0.2, 0.25) is 0 Å². The number of pyridine rings is 1. The highest BCUT2D eigenvalue weighted by Gasteiger charge is 2.26. The standard InChI is InChI=1S/C19H19N3O3S2/c23-18-17(11-14-3-4-16-15(10-14)2-1-7-20-16)26-19(22-18)21-12-13-5-8-27(24,25)9-6-13/h1-4,7,10-11,13H,5-6,8-9,12H2,(H,21,22,23). The van der Waals surface area contributed by atoms with Gasteiger partial charge in [-0.15, -0.1) is 0 Å². The van der Waals surface area contributed by atoms with Crippen LogP contribution >= 0.6 is 11.8 Å². The smallest absolute Gasteiger partial charge is 0.264 e. The van der Waals surface area contributed by atoms with E-state index in [0.29, 0.717) is 29.5 Å². The molecule has 1 aromatic heterocycles. The van der Waals surface area contributed by atoms with E-state index in [2.05, 4.69) is 15.3 Å². The van der Waals surface area contributed by atoms with Crippen molar-refractivity contribution in [3.8, 4) is 0 Å². The fraction of sp³-hybridized carbons (Fsp3) is 0.316. The molecule has 0 spiro atoms. The Morgan fingerprint density at radius 3 is 2.89 bits per heavy atom. The summed E-state index contributed by atoms with van der Waals surface area (Å²) in [5.74, 6) is 0.587. The molecular formula is C19H19N3O3S2. The molecule has 2 aromatic rings. The first-order valence-corrected chi connectivity index (χ1v) is 11.4. The van der Waals surface area contributed by atoms with Crippen LogP contribution in [0.4, 0.5) is 0 Å². The number of sulfone groups is 1. The van der Waals surface area contributed by atoms with Gasteiger partial charge in [0.1, 0.15) is 9.84 Å². The summed E-state index contributed by atoms with van der Waals surface area (Å²) in [7, 11) is -2.86. The van der Waals surface area contributed by atoms with Crippen molar-refractivity contribution >= 4 is 49.7 Å². The Kier molecular flexibility index (Phi) is 5.01. The van der Waals surface area contributed by atoms with Gasteiger partial charge in [0.15, 0.2) is 5.17 Å². The molecule has 2 aliphatic heterocycles. The quantitative estimate of drug-likeness (QED) is 0.799. The van der Waals surface area contributed by atoms with Gasteiger partial charge in [-0.1, -0.05) is 12.1 Å². The zero-order chi connectivity index (χ0) is 18.9. The number of aliphatic imine (C=N–C) groups is 1. The molecule has 2 aliphatic rings. The Morgan fingerprint density at radius 2 is 2.07 bits per heavy atom. The third-order valence-electron chi connectivity index (χ3n) is 4.74. The topological polar surface area (TPSA) is 88.5 Å². The Balaban J connectivity index is 1.44. The van der Waals surface area contributed by atoms with Crippen LogP contribution in [0.3, 0.4) is 0 Å². The Hall–Kier alpha value is -2.19. The lowest BCUT2D eigenvalue weighted by atomic mass is 10.0. The molecular weight excluding hydrogens is 382 g/mol. The van der Waals surface area contributed by atoms with Gasteiger partial charge >= 0.3 is 0 Å². The van der Waals surface area contributed by atoms with Crippen LogP contribution in [0.25, 0.3) is 17.0 Å². The van der Waals surface area contributed by atoms with E-state index in [-0.39, 0.29) is 23.3 Å². The molecule has 0 atom stereocenters. The molecule has 0 saturated carbocycles. The summed E-state index contributed by atoms with van der Waals surface area (Å²) in [4.78, 5) is 21.6. The van der Waals surface area contributed by atoms with Crippen LogP contribution in [-0.4, -0.2) is 42.5 Å². The first-order chi connectivity index (χ1) is 13.0. The number of fused-ring (bicyclic) bond motifs is 1. The molecule has 1 aromatic carbocycles. The molecule has 0 unspecified atom stereocenters. The Bertz CT molecular complexity index is 1050. The van der Waals surface area contributed by atoms with Crippen LogP contribution in [0.5, 0.6) is 0 Å². The lowest BCUT2D eigenvalue weighted by molar-refractivity contribution is -0.115. The van der Waals surface area contributed by atoms with E-state index in [1.807, 2.05) is 36.4 Å². The molecule has 2 saturated heterocycles. The number of hydrogen-bond donors (Lipinski definition) is 1. The average molecular weight is 402 g/mol. The second-order valence-electron chi connectivity index (χ2n) is 6.76. The highest BCUT2D eigenvalue weighted by Crippen LogP contribution is 2.27. The summed E-state index contributed by atoms with van der Waals surface area (Å²) in [6.45, 7) is 0.549. The predicted octanol–water partition coefficient (Wildman–Crippen LogP) is 2.62. The summed E-state index contributed by atoms with van der Waals surface area (Å²) < 4.78 is 23.0. The largest absolute Gasteiger partial charge is 0.301 e. The van der Waals surface area contributed by atoms with Crippen molar-refractivity contribution in [3.63, 3.8) is 0 Å². The highest BCUT2D eigenvalue weighted by atomic mass is 32.2. The number of rotatable bonds is 3. The average Bonchev–Trinajstić information content (AvgIpc) is 3.00. The summed E-state index contributed by atoms with van der Waals surface area (Å²) in [5, 5.41) is 4.40. The first kappa shape index (κ1) is 18.2. The fourth-order valence-corrected chi connectivity index (χ4v) is 5.59. The minimum Gasteiger partial charge on any atom is -0.301 e. The minimum absolute atomic E-state index is 0.156. The third-order valence-corrected chi connectivity index (χ3v) is 7.41. The molecule has 0 radical (unpaired) electrons. The van der Waals surface area contributed by atoms with Crippen molar-refractivity contribution in [1.29, 1.82) is 0 Å². The molecule has 8 heteroatoms. The van der Waals surface area contributed by atoms with Gasteiger partial charge in [-0.2, -0.15) is 0 Å². The maximum Gasteiger partial charge on any atom is 0.264 e. The molecule has 2 fully saturated rings. The second kappa shape index (κ2) is 7.44. The number of amides is 1. The van der Waals surface area contributed by atoms with Gasteiger partial charge in [0, 0.05) is 18.1 Å². The molecule has 0 aliphatic carbocycles. The van der Waals surface area contributed by atoms with Crippen LogP contribution in [-0.2, 0) is 14.6 Å². The van der Waals surface area contributed by atoms with E-state index >= 15 is 0 Å². The Morgan fingerprint density at radius 1 is 1.26 bits per heavy atom. The van der Waals surface area contributed by atoms with E-state index < -0.39 is 9.84 Å². The van der Waals surface area contributed by atoms with Crippen molar-refractivity contribution in [1.82, 2.24) is 10.3 Å². The number of aromatic nitrogens is 1. The number of nitrogens with one attached hydrogen (secondary N) is 1. The SMILES string of the molecule is O=C1NC(=NCC2CCS(=O)(=O)CC2)SC1=Cc1ccc2ncccc2c1. The third kappa shape index (κ3) is 4.39. The maximum atomic E-state index is 12.2. The van der Waals surface area contributed by atoms with Crippen LogP contribution in [0.15, 0.2) is 46.4 Å². The maximum absolute atomic E-state index is 12.2. The number of benzene rings is 1. The van der Waals surface area contributed by atoms with E-state index in [9.17, 15) is 13.2 Å². The van der Waals surface area contributed by atoms with Crippen LogP contribution < -0.4 is 5.32 Å². The number of carbonyl (C=O) groups excluding carboxylic acids is 1. The van der Waals surface area contributed by atoms with Crippen molar-refractivity contribution in [2.24, 2.45) is 10.9 Å². The van der Waals surface area contributed by atoms with Gasteiger partial charge in [0.05, 0.1) is 21.9 Å². The van der Waals surface area contributed by atoms with E-state index in [4.69, 9.17) is 0 Å². The van der Waals surface area contributed by atoms with Crippen molar-refractivity contribution in [3.05, 3.63) is 47.0 Å². The van der Waals surface area contributed by atoms with Crippen LogP contribution in [0, 0.1) is 5.92 Å². The van der Waals surface area contributed by atoms with E-state index in [0.717, 1.165) is 16.5 Å². The minimum atomic E-state index is -2.86. The number of nitrogens with zero attached hydrogens (tertiary/aromatic N) is 2. The van der Waals surface area contributed by atoms with Gasteiger partial charge < -0.3 is 5.32 Å². The first-order valence-electron chi connectivity index (χ1n) is 8.79. The fourth-order valence-electron chi connectivity index (χ4n) is 3.17. The predicted molar refractivity (Wildman–Crippen MR) is 109 cm³/mol. The molecule has 3 heterocycles. The van der Waals surface area contributed by atoms with Crippen molar-refractivity contribution in [2.45, 2.75) is 12.8 Å². The lowest BCUT2D eigenvalue weighted by Gasteiger charge is -2.19. The molecule has 1 amide bonds. The summed E-state index contributed by atoms with van der Waals surface area (Å²) in [6, 6.07) is 9.75. The zero-order valence-corrected chi connectivity index (χ0v) is 16.2. The normalized spacial score (nSPS) is 23.2. The van der Waals surface area contributed by atoms with Crippen molar-refractivity contribution in [2.75, 3.05) is 18.1 Å². The zero-order valence-electron chi connectivity index (χ0n) is 14.6. The van der Waals surface area contributed by atoms with E-state index in [1.165, 1.54) is 11.8 Å². The summed E-state index contributed by atoms with van der Waals surface area (Å²) >= 11 is 1.32. The number of thioether (sulfide) groups is 1. The molecule has 6 nitrogen and oxygen atoms in total. The number of hydrogen-bond acceptors (Lipinski definition) is 6. The van der Waals surface area contributed by atoms with Crippen molar-refractivity contribution < 1.29 is 13.2 Å². The van der Waals surface area contributed by atoms with Gasteiger partial charge in [0.2, 0.25) is 0 Å². The molecule has 27 heavy (non-hydrogen) atoms.